The van der Waals surface area contributed by atoms with Gasteiger partial charge in [0, 0.05) is 127 Å². The summed E-state index contributed by atoms with van der Waals surface area (Å²) in [5, 5.41) is 13.7. The predicted octanol–water partition coefficient (Wildman–Crippen LogP) is 23.5. The summed E-state index contributed by atoms with van der Waals surface area (Å²) in [4.78, 5) is 61.6. The molecule has 25 nitrogen and oxygen atoms in total. The summed E-state index contributed by atoms with van der Waals surface area (Å²) in [6, 6.07) is 79.4. The molecule has 0 unspecified atom stereocenters. The van der Waals surface area contributed by atoms with E-state index in [1.807, 2.05) is 166 Å². The van der Waals surface area contributed by atoms with Crippen molar-refractivity contribution in [1.29, 1.82) is 0 Å². The van der Waals surface area contributed by atoms with E-state index in [0.717, 1.165) is 136 Å². The molecule has 0 radical (unpaired) electrons. The van der Waals surface area contributed by atoms with E-state index < -0.39 is 50.1 Å². The molecule has 0 atom stereocenters. The molecule has 0 aliphatic carbocycles. The van der Waals surface area contributed by atoms with Crippen molar-refractivity contribution in [3.8, 4) is 0 Å². The van der Waals surface area contributed by atoms with Crippen molar-refractivity contribution in [1.82, 2.24) is 17.2 Å². The number of halogens is 2. The third kappa shape index (κ3) is 34.3. The quantitative estimate of drug-likeness (QED) is 0.0332. The van der Waals surface area contributed by atoms with Crippen molar-refractivity contribution in [3.05, 3.63) is 357 Å². The lowest BCUT2D eigenvalue weighted by atomic mass is 10.1. The van der Waals surface area contributed by atoms with Gasteiger partial charge in [0.25, 0.3) is 10.0 Å². The summed E-state index contributed by atoms with van der Waals surface area (Å²) in [6.07, 6.45) is 28.1. The van der Waals surface area contributed by atoms with Gasteiger partial charge in [0.2, 0.25) is 69.6 Å². The van der Waals surface area contributed by atoms with Crippen LogP contribution in [0.2, 0.25) is 0 Å². The molecule has 0 aromatic heterocycles. The molecule has 16 rings (SSSR count). The number of nitrogens with zero attached hydrogens (tertiary/aromatic N) is 5. The number of amides is 5. The van der Waals surface area contributed by atoms with E-state index >= 15 is 0 Å². The zero-order chi connectivity index (χ0) is 97.4. The van der Waals surface area contributed by atoms with Gasteiger partial charge in [-0.2, -0.15) is 17.2 Å². The monoisotopic (exact) mass is 2150 g/mol. The summed E-state index contributed by atoms with van der Waals surface area (Å²) in [7, 11) is -17.5. The molecular formula is C110H130Br2N10O15S5. The zero-order valence-corrected chi connectivity index (χ0v) is 83.2. The minimum absolute atomic E-state index is 0. The van der Waals surface area contributed by atoms with Gasteiger partial charge in [0.15, 0.2) is 0 Å². The second-order valence-corrected chi connectivity index (χ2v) is 44.2. The maximum Gasteiger partial charge on any atom is 0.264 e. The number of fused-ring (bicyclic) bond motifs is 1. The largest absolute Gasteiger partial charge is 0.323 e. The Bertz CT molecular complexity index is 6600. The average Bonchev–Trinajstić information content (AvgIpc) is 1.62. The van der Waals surface area contributed by atoms with Crippen LogP contribution >= 0.6 is 31.9 Å². The second kappa shape index (κ2) is 56.6. The maximum atomic E-state index is 13.0. The fourth-order valence-electron chi connectivity index (χ4n) is 15.3. The molecule has 4 saturated heterocycles. The number of nitrogens with one attached hydrogen (secondary N) is 5. The van der Waals surface area contributed by atoms with Crippen LogP contribution in [0.25, 0.3) is 30.4 Å². The fraction of sp³-hybridized carbons (Fsp3) is 0.264. The summed E-state index contributed by atoms with van der Waals surface area (Å²) in [5.74, 6) is -1.36. The molecule has 5 aliphatic rings. The number of benzene rings is 11. The lowest BCUT2D eigenvalue weighted by Gasteiger charge is -2.25. The number of hydrogen-bond donors (Lipinski definition) is 5. The number of aryl methyl sites for hydroxylation is 2. The second-order valence-electron chi connectivity index (χ2n) is 32.8. The number of carbonyl (C=O) groups is 5. The highest BCUT2D eigenvalue weighted by molar-refractivity contribution is 9.10. The van der Waals surface area contributed by atoms with Gasteiger partial charge in [-0.3, -0.25) is 28.3 Å². The highest BCUT2D eigenvalue weighted by atomic mass is 79.9. The van der Waals surface area contributed by atoms with Gasteiger partial charge in [-0.05, 0) is 287 Å². The lowest BCUT2D eigenvalue weighted by molar-refractivity contribution is -0.112. The van der Waals surface area contributed by atoms with Crippen molar-refractivity contribution in [2.75, 3.05) is 89.8 Å². The third-order valence-corrected chi connectivity index (χ3v) is 33.5. The van der Waals surface area contributed by atoms with E-state index in [1.54, 1.807) is 115 Å². The van der Waals surface area contributed by atoms with Gasteiger partial charge in [0.1, 0.15) is 0 Å². The predicted molar refractivity (Wildman–Crippen MR) is 586 cm³/mol. The Morgan fingerprint density at radius 1 is 0.275 bits per heavy atom. The van der Waals surface area contributed by atoms with Crippen LogP contribution in [0.15, 0.2) is 337 Å². The van der Waals surface area contributed by atoms with Gasteiger partial charge < -0.3 is 26.6 Å². The van der Waals surface area contributed by atoms with E-state index in [4.69, 9.17) is 0 Å². The first-order chi connectivity index (χ1) is 65.9. The fourth-order valence-corrected chi connectivity index (χ4v) is 23.7. The number of carbonyl (C=O) groups excluding carboxylic acids is 5. The average molecular weight is 2150 g/mol. The summed E-state index contributed by atoms with van der Waals surface area (Å²) < 4.78 is 137. The van der Waals surface area contributed by atoms with Crippen molar-refractivity contribution in [2.24, 2.45) is 0 Å². The van der Waals surface area contributed by atoms with Gasteiger partial charge in [-0.25, -0.2) is 42.1 Å². The first-order valence-electron chi connectivity index (χ1n) is 45.1. The van der Waals surface area contributed by atoms with Crippen LogP contribution < -0.4 is 30.9 Å². The summed E-state index contributed by atoms with van der Waals surface area (Å²) in [6.45, 7) is 9.01. The van der Waals surface area contributed by atoms with Gasteiger partial charge in [-0.15, -0.1) is 0 Å². The smallest absolute Gasteiger partial charge is 0.264 e. The highest BCUT2D eigenvalue weighted by Crippen LogP contribution is 2.35. The number of para-hydroxylation sites is 1. The number of anilines is 6. The zero-order valence-electron chi connectivity index (χ0n) is 76.0. The minimum Gasteiger partial charge on any atom is -0.323 e. The molecule has 11 aromatic carbocycles. The Balaban J connectivity index is 0.000000239. The van der Waals surface area contributed by atoms with Crippen molar-refractivity contribution < 1.29 is 66.1 Å². The Labute approximate surface area is 858 Å². The van der Waals surface area contributed by atoms with Crippen LogP contribution in [0.4, 0.5) is 34.1 Å². The number of piperidine rings is 4. The van der Waals surface area contributed by atoms with Crippen molar-refractivity contribution >= 4 is 176 Å². The van der Waals surface area contributed by atoms with Crippen LogP contribution in [0.5, 0.6) is 0 Å². The van der Waals surface area contributed by atoms with E-state index in [9.17, 15) is 66.1 Å². The van der Waals surface area contributed by atoms with Crippen LogP contribution in [0.3, 0.4) is 0 Å². The molecular weight excluding hydrogens is 2020 g/mol. The first kappa shape index (κ1) is 117. The first-order valence-corrected chi connectivity index (χ1v) is 53.9. The molecule has 11 aromatic rings. The van der Waals surface area contributed by atoms with Crippen molar-refractivity contribution in [2.45, 2.75) is 159 Å². The van der Waals surface area contributed by atoms with Crippen molar-refractivity contribution in [3.63, 3.8) is 0 Å². The molecule has 5 heterocycles. The Hall–Kier alpha value is -12.2. The highest BCUT2D eigenvalue weighted by Gasteiger charge is 2.33. The van der Waals surface area contributed by atoms with Gasteiger partial charge >= 0.3 is 0 Å². The minimum atomic E-state index is -3.64. The lowest BCUT2D eigenvalue weighted by Crippen LogP contribution is -2.35. The molecule has 4 fully saturated rings. The molecule has 32 heteroatoms. The standard InChI is InChI=1S/C23H20N2O3S.2C21H24N2O3S.2C20H21BrN2O3S.5CH4/c26-23(15-10-18-6-2-1-3-7-18)24-20-11-13-21(14-12-20)29(27,28)25-17-16-19-8-4-5-9-22(19)25;1-17-7-3-4-8-18(17)9-14-21(24)22-19-10-12-20(13-11-19)27(25,26)23-15-5-2-6-16-23;1-17-5-7-18(8-6-17)9-14-21(24)22-19-10-12-20(13-11-19)27(25,26)23-15-3-2-4-16-23;21-19-7-3-2-6-16(19)8-13-20(24)22-17-9-11-18(12-10-17)27(25,26)23-14-4-1-5-15-23;21-17-6-4-5-16(15-17)7-12-20(24)22-18-8-10-19(11-9-18)27(25,26)23-13-2-1-3-14-23;;;;;/h1-15H,16-17H2,(H,24,26);3-4,7-14H,2,5-6,15-16H2,1H3,(H,22,24);5-14H,2-4,15-16H2,1H3,(H,22,24);2-3,6-13H,1,4-5,14-15H2,(H,22,24);4-12,15H,1-3,13-14H2,(H,22,24);5*1H4/b15-10+;2*14-9+;13-8+;12-7+;;;;;. The van der Waals surface area contributed by atoms with Crippen LogP contribution in [-0.4, -0.2) is 148 Å². The molecule has 5 N–H and O–H groups in total. The van der Waals surface area contributed by atoms with Crippen LogP contribution in [0.1, 0.15) is 159 Å². The molecule has 0 saturated carbocycles. The molecule has 0 spiro atoms. The summed E-state index contributed by atoms with van der Waals surface area (Å²) >= 11 is 6.82. The summed E-state index contributed by atoms with van der Waals surface area (Å²) in [5.41, 5.74) is 11.4. The van der Waals surface area contributed by atoms with E-state index in [2.05, 4.69) is 58.4 Å². The van der Waals surface area contributed by atoms with Gasteiger partial charge in [-0.1, -0.05) is 228 Å². The third-order valence-electron chi connectivity index (χ3n) is 22.8. The number of rotatable bonds is 25. The Morgan fingerprint density at radius 2 is 0.563 bits per heavy atom. The normalized spacial score (nSPS) is 14.7. The SMILES string of the molecule is C.C.C.C.C.Cc1ccc(/C=C/C(=O)Nc2ccc(S(=O)(=O)N3CCCCC3)cc2)cc1.Cc1ccccc1/C=C/C(=O)Nc1ccc(S(=O)(=O)N2CCCCC2)cc1.O=C(/C=C/c1cccc(Br)c1)Nc1ccc(S(=O)(=O)N2CCCCC2)cc1.O=C(/C=C/c1ccccc1)Nc1ccc(S(=O)(=O)N2CCc3ccccc32)cc1.O=C(/C=C/c1ccccc1Br)Nc1ccc(S(=O)(=O)N2CCCCC2)cc1. The molecule has 754 valence electrons. The van der Waals surface area contributed by atoms with E-state index in [0.29, 0.717) is 93.8 Å². The molecule has 142 heavy (non-hydrogen) atoms. The Morgan fingerprint density at radius 3 is 0.915 bits per heavy atom. The molecule has 5 amide bonds. The van der Waals surface area contributed by atoms with Crippen LogP contribution in [0, 0.1) is 13.8 Å². The van der Waals surface area contributed by atoms with E-state index in [-0.39, 0.29) is 91.1 Å². The van der Waals surface area contributed by atoms with Crippen LogP contribution in [-0.2, 0) is 80.5 Å². The molecule has 5 aliphatic heterocycles. The topological polar surface area (TPSA) is 332 Å². The maximum absolute atomic E-state index is 13.0. The van der Waals surface area contributed by atoms with Gasteiger partial charge in [0.05, 0.1) is 30.2 Å². The molecule has 0 bridgehead atoms. The number of sulfonamides is 5. The number of hydrogen-bond acceptors (Lipinski definition) is 15. The van der Waals surface area contributed by atoms with E-state index in [1.165, 1.54) is 88.3 Å². The Kier molecular flexibility index (Phi) is 46.6.